The number of rotatable bonds is 4. The minimum atomic E-state index is -0.421. The summed E-state index contributed by atoms with van der Waals surface area (Å²) in [5, 5.41) is 8.44. The fourth-order valence-corrected chi connectivity index (χ4v) is 3.30. The molecule has 0 spiro atoms. The maximum atomic E-state index is 12.8. The molecule has 150 valence electrons. The van der Waals surface area contributed by atoms with Crippen LogP contribution in [0.1, 0.15) is 21.7 Å². The van der Waals surface area contributed by atoms with E-state index in [1.807, 2.05) is 44.2 Å². The Hall–Kier alpha value is -3.15. The Morgan fingerprint density at radius 3 is 2.37 bits per heavy atom. The van der Waals surface area contributed by atoms with Crippen LogP contribution in [0.2, 0.25) is 10.0 Å². The van der Waals surface area contributed by atoms with Crippen LogP contribution in [0.15, 0.2) is 66.7 Å². The Labute approximate surface area is 184 Å². The van der Waals surface area contributed by atoms with Crippen LogP contribution in [0.3, 0.4) is 0 Å². The average molecular weight is 437 g/mol. The van der Waals surface area contributed by atoms with Gasteiger partial charge in [-0.15, -0.1) is 5.10 Å². The van der Waals surface area contributed by atoms with Gasteiger partial charge in [-0.1, -0.05) is 35.3 Å². The molecule has 3 aromatic carbocycles. The third-order valence-corrected chi connectivity index (χ3v) is 5.22. The minimum absolute atomic E-state index is 0.0538. The first-order chi connectivity index (χ1) is 14.4. The predicted molar refractivity (Wildman–Crippen MR) is 121 cm³/mol. The van der Waals surface area contributed by atoms with Gasteiger partial charge in [-0.05, 0) is 79.6 Å². The summed E-state index contributed by atoms with van der Waals surface area (Å²) in [6.45, 7) is 4.08. The van der Waals surface area contributed by atoms with Gasteiger partial charge in [-0.2, -0.15) is 0 Å². The molecule has 1 aromatic heterocycles. The molecular formula is C23H18Cl2N4O. The summed E-state index contributed by atoms with van der Waals surface area (Å²) in [6, 6.07) is 20.2. The van der Waals surface area contributed by atoms with Crippen molar-refractivity contribution in [2.45, 2.75) is 13.8 Å². The third kappa shape index (κ3) is 4.22. The summed E-state index contributed by atoms with van der Waals surface area (Å²) in [5.74, 6) is 0.180. The molecule has 0 saturated carbocycles. The van der Waals surface area contributed by atoms with Crippen LogP contribution in [0, 0.1) is 13.8 Å². The number of nitrogens with one attached hydrogen (secondary N) is 1. The van der Waals surface area contributed by atoms with Crippen LogP contribution in [-0.4, -0.2) is 20.7 Å². The molecule has 0 atom stereocenters. The molecule has 1 heterocycles. The van der Waals surface area contributed by atoms with Crippen molar-refractivity contribution in [1.29, 1.82) is 0 Å². The van der Waals surface area contributed by atoms with E-state index in [0.29, 0.717) is 21.6 Å². The van der Waals surface area contributed by atoms with Gasteiger partial charge in [0, 0.05) is 21.3 Å². The maximum absolute atomic E-state index is 12.8. The minimum Gasteiger partial charge on any atom is -0.319 e. The van der Waals surface area contributed by atoms with Gasteiger partial charge in [0.05, 0.1) is 5.69 Å². The van der Waals surface area contributed by atoms with E-state index in [1.165, 1.54) is 5.56 Å². The van der Waals surface area contributed by atoms with Gasteiger partial charge in [0.15, 0.2) is 5.82 Å². The number of nitrogens with zero attached hydrogens (tertiary/aromatic N) is 3. The Morgan fingerprint density at radius 2 is 1.67 bits per heavy atom. The average Bonchev–Trinajstić information content (AvgIpc) is 3.16. The first kappa shape index (κ1) is 20.1. The van der Waals surface area contributed by atoms with Crippen molar-refractivity contribution in [3.05, 3.63) is 93.7 Å². The van der Waals surface area contributed by atoms with Crippen molar-refractivity contribution in [3.8, 4) is 17.1 Å². The van der Waals surface area contributed by atoms with Gasteiger partial charge in [0.2, 0.25) is 5.82 Å². The number of benzene rings is 3. The van der Waals surface area contributed by atoms with Crippen LogP contribution in [0.4, 0.5) is 5.69 Å². The number of amides is 1. The second-order valence-corrected chi connectivity index (χ2v) is 7.78. The lowest BCUT2D eigenvalue weighted by Gasteiger charge is -2.08. The van der Waals surface area contributed by atoms with Crippen LogP contribution < -0.4 is 5.32 Å². The van der Waals surface area contributed by atoms with E-state index in [9.17, 15) is 4.79 Å². The lowest BCUT2D eigenvalue weighted by molar-refractivity contribution is 0.101. The number of carbonyl (C=O) groups excluding carboxylic acids is 1. The number of hydrogen-bond acceptors (Lipinski definition) is 3. The van der Waals surface area contributed by atoms with E-state index >= 15 is 0 Å². The SMILES string of the molecule is Cc1ccc(-n2nc(C(=O)Nc3cccc(Cl)c3)nc2-c2ccc(Cl)cc2)cc1C. The molecule has 0 bridgehead atoms. The van der Waals surface area contributed by atoms with Crippen molar-refractivity contribution < 1.29 is 4.79 Å². The number of halogens is 2. The second-order valence-electron chi connectivity index (χ2n) is 6.91. The van der Waals surface area contributed by atoms with Gasteiger partial charge in [-0.3, -0.25) is 4.79 Å². The Morgan fingerprint density at radius 1 is 0.900 bits per heavy atom. The van der Waals surface area contributed by atoms with Crippen molar-refractivity contribution in [2.75, 3.05) is 5.32 Å². The molecule has 0 fully saturated rings. The highest BCUT2D eigenvalue weighted by atomic mass is 35.5. The molecule has 1 amide bonds. The lowest BCUT2D eigenvalue weighted by Crippen LogP contribution is -2.14. The van der Waals surface area contributed by atoms with Crippen molar-refractivity contribution in [2.24, 2.45) is 0 Å². The van der Waals surface area contributed by atoms with E-state index in [2.05, 4.69) is 15.4 Å². The van der Waals surface area contributed by atoms with Crippen molar-refractivity contribution in [1.82, 2.24) is 14.8 Å². The molecule has 7 heteroatoms. The standard InChI is InChI=1S/C23H18Cl2N4O/c1-14-6-11-20(12-15(14)2)29-22(16-7-9-17(24)10-8-16)27-21(28-29)23(30)26-19-5-3-4-18(25)13-19/h3-13H,1-2H3,(H,26,30). The zero-order chi connectivity index (χ0) is 21.3. The molecule has 0 radical (unpaired) electrons. The van der Waals surface area contributed by atoms with E-state index < -0.39 is 5.91 Å². The summed E-state index contributed by atoms with van der Waals surface area (Å²) < 4.78 is 1.67. The van der Waals surface area contributed by atoms with E-state index in [4.69, 9.17) is 23.2 Å². The molecule has 0 saturated heterocycles. The van der Waals surface area contributed by atoms with Crippen LogP contribution in [0.5, 0.6) is 0 Å². The molecule has 30 heavy (non-hydrogen) atoms. The highest BCUT2D eigenvalue weighted by molar-refractivity contribution is 6.31. The molecular weight excluding hydrogens is 419 g/mol. The van der Waals surface area contributed by atoms with Crippen LogP contribution >= 0.6 is 23.2 Å². The first-order valence-electron chi connectivity index (χ1n) is 9.28. The summed E-state index contributed by atoms with van der Waals surface area (Å²) in [7, 11) is 0. The fourth-order valence-electron chi connectivity index (χ4n) is 2.98. The van der Waals surface area contributed by atoms with Crippen LogP contribution in [0.25, 0.3) is 17.1 Å². The van der Waals surface area contributed by atoms with E-state index in [0.717, 1.165) is 16.8 Å². The Bertz CT molecular complexity index is 1230. The monoisotopic (exact) mass is 436 g/mol. The van der Waals surface area contributed by atoms with Gasteiger partial charge >= 0.3 is 0 Å². The molecule has 0 aliphatic rings. The van der Waals surface area contributed by atoms with Crippen LogP contribution in [-0.2, 0) is 0 Å². The summed E-state index contributed by atoms with van der Waals surface area (Å²) >= 11 is 12.0. The molecule has 5 nitrogen and oxygen atoms in total. The number of aromatic nitrogens is 3. The highest BCUT2D eigenvalue weighted by Gasteiger charge is 2.19. The van der Waals surface area contributed by atoms with E-state index in [1.54, 1.807) is 41.1 Å². The topological polar surface area (TPSA) is 59.8 Å². The molecule has 1 N–H and O–H groups in total. The Kier molecular flexibility index (Phi) is 5.57. The van der Waals surface area contributed by atoms with E-state index in [-0.39, 0.29) is 5.82 Å². The lowest BCUT2D eigenvalue weighted by atomic mass is 10.1. The number of hydrogen-bond donors (Lipinski definition) is 1. The van der Waals surface area contributed by atoms with Gasteiger partial charge < -0.3 is 5.32 Å². The molecule has 0 aliphatic heterocycles. The zero-order valence-corrected chi connectivity index (χ0v) is 17.9. The first-order valence-corrected chi connectivity index (χ1v) is 10.0. The number of carbonyl (C=O) groups is 1. The predicted octanol–water partition coefficient (Wildman–Crippen LogP) is 6.11. The molecule has 0 aliphatic carbocycles. The smallest absolute Gasteiger partial charge is 0.295 e. The molecule has 4 rings (SSSR count). The van der Waals surface area contributed by atoms with Gasteiger partial charge in [0.1, 0.15) is 0 Å². The summed E-state index contributed by atoms with van der Waals surface area (Å²) in [6.07, 6.45) is 0. The van der Waals surface area contributed by atoms with Crippen molar-refractivity contribution in [3.63, 3.8) is 0 Å². The van der Waals surface area contributed by atoms with Crippen molar-refractivity contribution >= 4 is 34.8 Å². The largest absolute Gasteiger partial charge is 0.319 e. The summed E-state index contributed by atoms with van der Waals surface area (Å²) in [4.78, 5) is 17.3. The highest BCUT2D eigenvalue weighted by Crippen LogP contribution is 2.25. The fraction of sp³-hybridized carbons (Fsp3) is 0.0870. The Balaban J connectivity index is 1.77. The molecule has 0 unspecified atom stereocenters. The summed E-state index contributed by atoms with van der Waals surface area (Å²) in [5.41, 5.74) is 4.48. The normalized spacial score (nSPS) is 10.8. The number of anilines is 1. The zero-order valence-electron chi connectivity index (χ0n) is 16.4. The third-order valence-electron chi connectivity index (χ3n) is 4.73. The second kappa shape index (κ2) is 8.30. The quantitative estimate of drug-likeness (QED) is 0.419. The van der Waals surface area contributed by atoms with Gasteiger partial charge in [-0.25, -0.2) is 9.67 Å². The number of aryl methyl sites for hydroxylation is 2. The maximum Gasteiger partial charge on any atom is 0.295 e. The van der Waals surface area contributed by atoms with Gasteiger partial charge in [0.25, 0.3) is 5.91 Å². The molecule has 4 aromatic rings.